The zero-order valence-electron chi connectivity index (χ0n) is 25.0. The topological polar surface area (TPSA) is 51.0 Å². The predicted octanol–water partition coefficient (Wildman–Crippen LogP) is 7.67. The van der Waals surface area contributed by atoms with Gasteiger partial charge in [0.1, 0.15) is 5.82 Å². The summed E-state index contributed by atoms with van der Waals surface area (Å²) in [5.74, 6) is 0.626. The first-order valence-corrected chi connectivity index (χ1v) is 15.6. The fourth-order valence-corrected chi connectivity index (χ4v) is 7.16. The number of benzene rings is 4. The van der Waals surface area contributed by atoms with E-state index in [-0.39, 0.29) is 5.56 Å². The van der Waals surface area contributed by atoms with Gasteiger partial charge >= 0.3 is 0 Å². The lowest BCUT2D eigenvalue weighted by Gasteiger charge is -2.32. The van der Waals surface area contributed by atoms with Crippen LogP contribution >= 0.6 is 0 Å². The molecule has 0 radical (unpaired) electrons. The van der Waals surface area contributed by atoms with Gasteiger partial charge in [-0.3, -0.25) is 14.3 Å². The molecular formula is C41H28N4O. The molecule has 218 valence electrons. The van der Waals surface area contributed by atoms with Crippen LogP contribution in [-0.2, 0) is 0 Å². The van der Waals surface area contributed by atoms with Crippen molar-refractivity contribution in [2.75, 3.05) is 4.90 Å². The van der Waals surface area contributed by atoms with Crippen molar-refractivity contribution in [3.8, 4) is 28.1 Å². The van der Waals surface area contributed by atoms with Gasteiger partial charge in [0.05, 0.1) is 22.1 Å². The number of anilines is 3. The molecule has 7 aromatic rings. The summed E-state index contributed by atoms with van der Waals surface area (Å²) >= 11 is 0. The van der Waals surface area contributed by atoms with Crippen LogP contribution in [0, 0.1) is 0 Å². The van der Waals surface area contributed by atoms with Crippen LogP contribution in [0.15, 0.2) is 145 Å². The molecule has 1 aliphatic heterocycles. The van der Waals surface area contributed by atoms with E-state index in [2.05, 4.69) is 119 Å². The number of fused-ring (bicyclic) bond motifs is 8. The molecule has 0 spiro atoms. The van der Waals surface area contributed by atoms with Crippen molar-refractivity contribution >= 4 is 39.5 Å². The molecule has 0 bridgehead atoms. The molecule has 0 amide bonds. The Labute approximate surface area is 265 Å². The van der Waals surface area contributed by atoms with E-state index in [1.165, 1.54) is 5.56 Å². The van der Waals surface area contributed by atoms with Gasteiger partial charge in [-0.15, -0.1) is 0 Å². The summed E-state index contributed by atoms with van der Waals surface area (Å²) in [4.78, 5) is 26.3. The van der Waals surface area contributed by atoms with Crippen LogP contribution in [0.2, 0.25) is 0 Å². The number of rotatable bonds is 2. The Morgan fingerprint density at radius 1 is 0.609 bits per heavy atom. The van der Waals surface area contributed by atoms with Crippen LogP contribution in [-0.4, -0.2) is 14.5 Å². The van der Waals surface area contributed by atoms with Crippen LogP contribution in [0.5, 0.6) is 0 Å². The van der Waals surface area contributed by atoms with Crippen LogP contribution in [0.1, 0.15) is 18.4 Å². The second-order valence-corrected chi connectivity index (χ2v) is 11.7. The van der Waals surface area contributed by atoms with Crippen molar-refractivity contribution in [3.05, 3.63) is 166 Å². The maximum absolute atomic E-state index is 14.6. The average Bonchev–Trinajstić information content (AvgIpc) is 3.13. The molecule has 0 saturated heterocycles. The Morgan fingerprint density at radius 2 is 1.30 bits per heavy atom. The van der Waals surface area contributed by atoms with Crippen molar-refractivity contribution in [2.24, 2.45) is 0 Å². The molecule has 0 fully saturated rings. The van der Waals surface area contributed by atoms with Crippen molar-refractivity contribution < 1.29 is 0 Å². The van der Waals surface area contributed by atoms with Gasteiger partial charge in [0, 0.05) is 51.6 Å². The number of para-hydroxylation sites is 2. The van der Waals surface area contributed by atoms with Gasteiger partial charge in [0.15, 0.2) is 0 Å². The maximum Gasteiger partial charge on any atom is 0.264 e. The van der Waals surface area contributed by atoms with Gasteiger partial charge in [-0.05, 0) is 72.0 Å². The van der Waals surface area contributed by atoms with Crippen LogP contribution in [0.25, 0.3) is 50.5 Å². The highest BCUT2D eigenvalue weighted by Crippen LogP contribution is 2.45. The first-order valence-electron chi connectivity index (χ1n) is 15.6. The molecule has 4 aromatic carbocycles. The molecule has 5 nitrogen and oxygen atoms in total. The van der Waals surface area contributed by atoms with Crippen LogP contribution < -0.4 is 21.0 Å². The van der Waals surface area contributed by atoms with Gasteiger partial charge in [0.25, 0.3) is 5.56 Å². The minimum atomic E-state index is -0.0900. The van der Waals surface area contributed by atoms with Gasteiger partial charge in [0.2, 0.25) is 0 Å². The normalized spacial score (nSPS) is 13.2. The lowest BCUT2D eigenvalue weighted by atomic mass is 9.91. The van der Waals surface area contributed by atoms with Crippen molar-refractivity contribution in [2.45, 2.75) is 12.8 Å². The van der Waals surface area contributed by atoms with Crippen molar-refractivity contribution in [3.63, 3.8) is 0 Å². The minimum absolute atomic E-state index is 0.0900. The average molecular weight is 593 g/mol. The molecular weight excluding hydrogens is 564 g/mol. The van der Waals surface area contributed by atoms with Crippen molar-refractivity contribution in [1.29, 1.82) is 0 Å². The number of aromatic nitrogens is 3. The summed E-state index contributed by atoms with van der Waals surface area (Å²) in [6.07, 6.45) is 9.21. The first kappa shape index (κ1) is 26.3. The monoisotopic (exact) mass is 592 g/mol. The Morgan fingerprint density at radius 3 is 2.13 bits per heavy atom. The van der Waals surface area contributed by atoms with E-state index in [0.717, 1.165) is 73.7 Å². The van der Waals surface area contributed by atoms with E-state index in [1.54, 1.807) is 12.4 Å². The highest BCUT2D eigenvalue weighted by atomic mass is 16.1. The Hall–Kier alpha value is -6.07. The Bertz CT molecular complexity index is 2500. The van der Waals surface area contributed by atoms with Crippen molar-refractivity contribution in [1.82, 2.24) is 14.5 Å². The first-order chi connectivity index (χ1) is 22.8. The van der Waals surface area contributed by atoms with E-state index in [9.17, 15) is 4.79 Å². The van der Waals surface area contributed by atoms with Crippen LogP contribution in [0.4, 0.5) is 17.1 Å². The predicted molar refractivity (Wildman–Crippen MR) is 186 cm³/mol. The molecule has 4 heterocycles. The smallest absolute Gasteiger partial charge is 0.264 e. The Balaban J connectivity index is 1.44. The fraction of sp³-hybridized carbons (Fsp3) is 0.0488. The van der Waals surface area contributed by atoms with E-state index in [0.29, 0.717) is 11.2 Å². The quantitative estimate of drug-likeness (QED) is 0.207. The summed E-state index contributed by atoms with van der Waals surface area (Å²) < 4.78 is 1.86. The lowest BCUT2D eigenvalue weighted by molar-refractivity contribution is 0.887. The standard InChI is InChI=1S/C41H28N4O/c46-41-35-23-25-42-26-36(35)33-15-8-14-32-30-12-4-6-17-37(30)44(29-21-19-28(20-22-29)27-10-2-1-3-11-27)38-18-7-5-13-31(38)34-16-9-24-43-40(34)45(41)39(32)33/h1-7,9-13,15-26H,8,14H2. The molecule has 2 aliphatic rings. The molecule has 46 heavy (non-hydrogen) atoms. The van der Waals surface area contributed by atoms with Gasteiger partial charge in [-0.25, -0.2) is 4.98 Å². The molecule has 0 saturated carbocycles. The SMILES string of the molecule is O=c1c2ccncc2c2c3n1-c1ncccc1-c1ccccc1N(c1ccc(-c4ccccc4)cc1)c1ccccc1C=3CCC=2. The van der Waals surface area contributed by atoms with Gasteiger partial charge in [-0.2, -0.15) is 0 Å². The molecule has 0 unspecified atom stereocenters. The summed E-state index contributed by atoms with van der Waals surface area (Å²) in [6, 6.07) is 42.1. The zero-order chi connectivity index (χ0) is 30.6. The second kappa shape index (κ2) is 10.5. The zero-order valence-corrected chi connectivity index (χ0v) is 25.0. The highest BCUT2D eigenvalue weighted by molar-refractivity contribution is 5.95. The van der Waals surface area contributed by atoms with Crippen LogP contribution in [0.3, 0.4) is 0 Å². The van der Waals surface area contributed by atoms with E-state index >= 15 is 0 Å². The van der Waals surface area contributed by atoms with E-state index in [4.69, 9.17) is 4.98 Å². The number of hydrogen-bond acceptors (Lipinski definition) is 4. The molecule has 5 heteroatoms. The fourth-order valence-electron chi connectivity index (χ4n) is 7.16. The van der Waals surface area contributed by atoms with Gasteiger partial charge in [-0.1, -0.05) is 84.9 Å². The summed E-state index contributed by atoms with van der Waals surface area (Å²) in [5.41, 5.74) is 9.48. The third kappa shape index (κ3) is 3.99. The molecule has 0 atom stereocenters. The third-order valence-corrected chi connectivity index (χ3v) is 9.19. The summed E-state index contributed by atoms with van der Waals surface area (Å²) in [5, 5.41) is 3.43. The second-order valence-electron chi connectivity index (χ2n) is 11.7. The summed E-state index contributed by atoms with van der Waals surface area (Å²) in [6.45, 7) is 0. The number of pyridine rings is 3. The number of nitrogens with zero attached hydrogens (tertiary/aromatic N) is 4. The molecule has 0 N–H and O–H groups in total. The molecule has 3 aromatic heterocycles. The summed E-state index contributed by atoms with van der Waals surface area (Å²) in [7, 11) is 0. The van der Waals surface area contributed by atoms with E-state index < -0.39 is 0 Å². The largest absolute Gasteiger partial charge is 0.309 e. The lowest BCUT2D eigenvalue weighted by Crippen LogP contribution is -2.46. The molecule has 9 rings (SSSR count). The Kier molecular flexibility index (Phi) is 6.03. The highest BCUT2D eigenvalue weighted by Gasteiger charge is 2.27. The minimum Gasteiger partial charge on any atom is -0.309 e. The van der Waals surface area contributed by atoms with E-state index in [1.807, 2.05) is 29.0 Å². The number of hydrogen-bond donors (Lipinski definition) is 0. The molecule has 1 aliphatic carbocycles. The third-order valence-electron chi connectivity index (χ3n) is 9.19. The maximum atomic E-state index is 14.6. The van der Waals surface area contributed by atoms with Gasteiger partial charge < -0.3 is 4.90 Å².